The molecule has 38 heavy (non-hydrogen) atoms. The summed E-state index contributed by atoms with van der Waals surface area (Å²) < 4.78 is 0. The molecule has 0 saturated carbocycles. The molecule has 0 aromatic heterocycles. The van der Waals surface area contributed by atoms with Crippen LogP contribution in [0.25, 0.3) is 0 Å². The smallest absolute Gasteiger partial charge is 0.326 e. The number of carboxylic acids is 1. The minimum absolute atomic E-state index is 0.290. The van der Waals surface area contributed by atoms with Crippen molar-refractivity contribution >= 4 is 29.6 Å². The van der Waals surface area contributed by atoms with Crippen LogP contribution < -0.4 is 27.8 Å². The highest BCUT2D eigenvalue weighted by Crippen LogP contribution is 2.21. The van der Waals surface area contributed by atoms with E-state index in [1.54, 1.807) is 0 Å². The molecule has 0 aromatic rings. The topological polar surface area (TPSA) is 214 Å². The van der Waals surface area contributed by atoms with Gasteiger partial charge in [-0.15, -0.1) is 0 Å². The maximum Gasteiger partial charge on any atom is 0.326 e. The molecule has 2 aliphatic rings. The van der Waals surface area contributed by atoms with E-state index in [9.17, 15) is 29.1 Å². The summed E-state index contributed by atoms with van der Waals surface area (Å²) in [4.78, 5) is 66.4. The zero-order chi connectivity index (χ0) is 28.2. The maximum absolute atomic E-state index is 13.2. The van der Waals surface area contributed by atoms with Gasteiger partial charge < -0.3 is 42.7 Å². The van der Waals surface area contributed by atoms with Gasteiger partial charge in [0.2, 0.25) is 23.6 Å². The number of rotatable bonds is 15. The van der Waals surface area contributed by atoms with Gasteiger partial charge in [-0.1, -0.05) is 6.42 Å². The highest BCUT2D eigenvalue weighted by Gasteiger charge is 2.39. The van der Waals surface area contributed by atoms with Crippen LogP contribution in [0.3, 0.4) is 0 Å². The minimum Gasteiger partial charge on any atom is -0.480 e. The number of nitrogens with two attached hydrogens (primary N) is 3. The van der Waals surface area contributed by atoms with Gasteiger partial charge in [0.25, 0.3) is 0 Å². The zero-order valence-electron chi connectivity index (χ0n) is 22.4. The lowest BCUT2D eigenvalue weighted by molar-refractivity contribution is -0.149. The van der Waals surface area contributed by atoms with E-state index in [0.29, 0.717) is 77.5 Å². The van der Waals surface area contributed by atoms with Crippen molar-refractivity contribution in [2.24, 2.45) is 17.2 Å². The van der Waals surface area contributed by atoms with Crippen LogP contribution in [0.4, 0.5) is 0 Å². The number of carboxylic acid groups (broad SMARTS) is 1. The average Bonchev–Trinajstić information content (AvgIpc) is 3.57. The fourth-order valence-electron chi connectivity index (χ4n) is 5.09. The normalized spacial score (nSPS) is 21.6. The standard InChI is InChI=1S/C25H45N7O6/c1-16(23(35)32-15-7-11-20(32)25(37)38)29-21(33)18(9-3-5-13-27)30-22(34)19-10-6-14-31(19)24(36)17(28)8-2-4-12-26/h16-20H,2-15,26-28H2,1H3,(H,29,33)(H,30,34)(H,37,38)/t16-,17-,18-,19-,20-/m0/s1. The van der Waals surface area contributed by atoms with E-state index in [4.69, 9.17) is 17.2 Å². The first kappa shape index (κ1) is 31.4. The number of likely N-dealkylation sites (tertiary alicyclic amines) is 2. The van der Waals surface area contributed by atoms with Gasteiger partial charge in [0.15, 0.2) is 0 Å². The number of nitrogens with zero attached hydrogens (tertiary/aromatic N) is 2. The summed E-state index contributed by atoms with van der Waals surface area (Å²) in [6, 6.07) is -4.26. The first-order valence-corrected chi connectivity index (χ1v) is 13.7. The molecule has 13 nitrogen and oxygen atoms in total. The monoisotopic (exact) mass is 539 g/mol. The second-order valence-electron chi connectivity index (χ2n) is 10.2. The zero-order valence-corrected chi connectivity index (χ0v) is 22.4. The molecule has 216 valence electrons. The summed E-state index contributed by atoms with van der Waals surface area (Å²) in [5, 5.41) is 14.8. The fraction of sp³-hybridized carbons (Fsp3) is 0.800. The molecular weight excluding hydrogens is 494 g/mol. The number of carbonyl (C=O) groups is 5. The molecule has 2 aliphatic heterocycles. The average molecular weight is 540 g/mol. The summed E-state index contributed by atoms with van der Waals surface area (Å²) >= 11 is 0. The van der Waals surface area contributed by atoms with Crippen molar-refractivity contribution in [2.45, 2.75) is 101 Å². The molecule has 0 unspecified atom stereocenters. The second-order valence-corrected chi connectivity index (χ2v) is 10.2. The van der Waals surface area contributed by atoms with Crippen LogP contribution in [0, 0.1) is 0 Å². The van der Waals surface area contributed by atoms with Gasteiger partial charge >= 0.3 is 5.97 Å². The number of hydrogen-bond donors (Lipinski definition) is 6. The number of nitrogens with one attached hydrogen (secondary N) is 2. The fourth-order valence-corrected chi connectivity index (χ4v) is 5.09. The Morgan fingerprint density at radius 2 is 1.39 bits per heavy atom. The third-order valence-corrected chi connectivity index (χ3v) is 7.26. The summed E-state index contributed by atoms with van der Waals surface area (Å²) in [7, 11) is 0. The van der Waals surface area contributed by atoms with Crippen molar-refractivity contribution in [1.29, 1.82) is 0 Å². The molecule has 13 heteroatoms. The van der Waals surface area contributed by atoms with Crippen molar-refractivity contribution in [3.63, 3.8) is 0 Å². The molecule has 2 heterocycles. The van der Waals surface area contributed by atoms with Gasteiger partial charge in [0.05, 0.1) is 6.04 Å². The summed E-state index contributed by atoms with van der Waals surface area (Å²) in [6.07, 6.45) is 5.55. The Balaban J connectivity index is 2.04. The van der Waals surface area contributed by atoms with Crippen LogP contribution in [0.1, 0.15) is 71.1 Å². The van der Waals surface area contributed by atoms with Gasteiger partial charge in [-0.3, -0.25) is 19.2 Å². The predicted octanol–water partition coefficient (Wildman–Crippen LogP) is -1.37. The van der Waals surface area contributed by atoms with E-state index < -0.39 is 53.9 Å². The lowest BCUT2D eigenvalue weighted by Gasteiger charge is -2.29. The number of amides is 4. The summed E-state index contributed by atoms with van der Waals surface area (Å²) in [5.41, 5.74) is 17.2. The van der Waals surface area contributed by atoms with Crippen LogP contribution in [-0.2, 0) is 24.0 Å². The molecule has 2 saturated heterocycles. The SMILES string of the molecule is C[C@H](NC(=O)[C@H](CCCCN)NC(=O)[C@@H]1CCCN1C(=O)[C@@H](N)CCCCN)C(=O)N1CCC[C@H]1C(=O)O. The van der Waals surface area contributed by atoms with Crippen molar-refractivity contribution in [1.82, 2.24) is 20.4 Å². The Hall–Kier alpha value is -2.77. The number of carbonyl (C=O) groups excluding carboxylic acids is 4. The van der Waals surface area contributed by atoms with Crippen LogP contribution >= 0.6 is 0 Å². The first-order chi connectivity index (χ1) is 18.1. The lowest BCUT2D eigenvalue weighted by Crippen LogP contribution is -2.57. The van der Waals surface area contributed by atoms with E-state index in [0.717, 1.165) is 12.8 Å². The molecule has 5 atom stereocenters. The number of unbranched alkanes of at least 4 members (excludes halogenated alkanes) is 2. The second kappa shape index (κ2) is 15.6. The first-order valence-electron chi connectivity index (χ1n) is 13.7. The minimum atomic E-state index is -1.07. The molecule has 2 rings (SSSR count). The van der Waals surface area contributed by atoms with Gasteiger partial charge in [0.1, 0.15) is 24.2 Å². The van der Waals surface area contributed by atoms with E-state index in [1.165, 1.54) is 16.7 Å². The highest BCUT2D eigenvalue weighted by atomic mass is 16.4. The molecule has 0 spiro atoms. The molecule has 4 amide bonds. The highest BCUT2D eigenvalue weighted by molar-refractivity contribution is 5.95. The van der Waals surface area contributed by atoms with Gasteiger partial charge in [0, 0.05) is 13.1 Å². The Morgan fingerprint density at radius 1 is 0.842 bits per heavy atom. The van der Waals surface area contributed by atoms with Crippen molar-refractivity contribution in [3.8, 4) is 0 Å². The van der Waals surface area contributed by atoms with Gasteiger partial charge in [-0.25, -0.2) is 4.79 Å². The van der Waals surface area contributed by atoms with E-state index >= 15 is 0 Å². The van der Waals surface area contributed by atoms with E-state index in [1.807, 2.05) is 0 Å². The molecule has 2 fully saturated rings. The van der Waals surface area contributed by atoms with Crippen molar-refractivity contribution in [3.05, 3.63) is 0 Å². The van der Waals surface area contributed by atoms with E-state index in [2.05, 4.69) is 10.6 Å². The number of aliphatic carboxylic acids is 1. The summed E-state index contributed by atoms with van der Waals surface area (Å²) in [6.45, 7) is 3.17. The molecule has 9 N–H and O–H groups in total. The molecule has 0 aliphatic carbocycles. The van der Waals surface area contributed by atoms with Crippen LogP contribution in [0.5, 0.6) is 0 Å². The van der Waals surface area contributed by atoms with Crippen molar-refractivity contribution < 1.29 is 29.1 Å². The van der Waals surface area contributed by atoms with Gasteiger partial charge in [-0.05, 0) is 77.8 Å². The third-order valence-electron chi connectivity index (χ3n) is 7.26. The molecular formula is C25H45N7O6. The Kier molecular flexibility index (Phi) is 12.9. The van der Waals surface area contributed by atoms with Crippen LogP contribution in [0.15, 0.2) is 0 Å². The maximum atomic E-state index is 13.2. The lowest BCUT2D eigenvalue weighted by atomic mass is 10.1. The van der Waals surface area contributed by atoms with Crippen LogP contribution in [0.2, 0.25) is 0 Å². The predicted molar refractivity (Wildman–Crippen MR) is 140 cm³/mol. The van der Waals surface area contributed by atoms with E-state index in [-0.39, 0.29) is 5.91 Å². The molecule has 0 aromatic carbocycles. The Labute approximate surface area is 224 Å². The molecule has 0 radical (unpaired) electrons. The largest absolute Gasteiger partial charge is 0.480 e. The van der Waals surface area contributed by atoms with Crippen LogP contribution in [-0.4, -0.2) is 101 Å². The number of hydrogen-bond acceptors (Lipinski definition) is 8. The van der Waals surface area contributed by atoms with Crippen molar-refractivity contribution in [2.75, 3.05) is 26.2 Å². The third kappa shape index (κ3) is 8.63. The Morgan fingerprint density at radius 3 is 1.97 bits per heavy atom. The quantitative estimate of drug-likeness (QED) is 0.135. The van der Waals surface area contributed by atoms with Gasteiger partial charge in [-0.2, -0.15) is 0 Å². The summed E-state index contributed by atoms with van der Waals surface area (Å²) in [5.74, 6) is -2.83. The molecule has 0 bridgehead atoms. The Bertz CT molecular complexity index is 841.